The summed E-state index contributed by atoms with van der Waals surface area (Å²) in [7, 11) is 0. The highest BCUT2D eigenvalue weighted by Crippen LogP contribution is 2.61. The molecule has 2 aliphatic rings. The molecule has 2 aromatic carbocycles. The Balaban J connectivity index is 2.02. The summed E-state index contributed by atoms with van der Waals surface area (Å²) in [4.78, 5) is 0. The molecule has 0 unspecified atom stereocenters. The van der Waals surface area contributed by atoms with E-state index in [0.717, 1.165) is 11.5 Å². The van der Waals surface area contributed by atoms with Crippen molar-refractivity contribution in [3.05, 3.63) is 59.7 Å². The first-order chi connectivity index (χ1) is 7.90. The van der Waals surface area contributed by atoms with Gasteiger partial charge in [0.25, 0.3) is 0 Å². The van der Waals surface area contributed by atoms with E-state index in [-0.39, 0.29) is 5.41 Å². The van der Waals surface area contributed by atoms with Crippen LogP contribution in [0.5, 0.6) is 11.5 Å². The number of hydrogen-bond donors (Lipinski definition) is 0. The first kappa shape index (κ1) is 8.40. The second-order valence-corrected chi connectivity index (χ2v) is 4.68. The van der Waals surface area contributed by atoms with Crippen molar-refractivity contribution in [3.63, 3.8) is 0 Å². The normalized spacial score (nSPS) is 18.5. The predicted octanol–water partition coefficient (Wildman–Crippen LogP) is 3.87. The van der Waals surface area contributed by atoms with Crippen LogP contribution in [-0.2, 0) is 5.41 Å². The van der Waals surface area contributed by atoms with Crippen LogP contribution in [0.25, 0.3) is 0 Å². The molecule has 0 aromatic heterocycles. The lowest BCUT2D eigenvalue weighted by molar-refractivity contribution is 0.442. The average molecular weight is 208 g/mol. The van der Waals surface area contributed by atoms with Gasteiger partial charge in [-0.25, -0.2) is 0 Å². The van der Waals surface area contributed by atoms with E-state index in [4.69, 9.17) is 4.74 Å². The molecule has 0 atom stereocenters. The zero-order chi connectivity index (χ0) is 10.6. The molecule has 1 aliphatic heterocycles. The third-order valence-electron chi connectivity index (χ3n) is 3.78. The second-order valence-electron chi connectivity index (χ2n) is 4.68. The Morgan fingerprint density at radius 2 is 1.25 bits per heavy atom. The van der Waals surface area contributed by atoms with Crippen molar-refractivity contribution < 1.29 is 4.74 Å². The van der Waals surface area contributed by atoms with Crippen LogP contribution < -0.4 is 4.74 Å². The van der Waals surface area contributed by atoms with Gasteiger partial charge in [0.05, 0.1) is 0 Å². The van der Waals surface area contributed by atoms with E-state index in [9.17, 15) is 0 Å². The van der Waals surface area contributed by atoms with Gasteiger partial charge in [-0.15, -0.1) is 0 Å². The molecular formula is C15H12O. The molecule has 1 nitrogen and oxygen atoms in total. The van der Waals surface area contributed by atoms with Gasteiger partial charge < -0.3 is 4.74 Å². The van der Waals surface area contributed by atoms with Gasteiger partial charge in [-0.2, -0.15) is 0 Å². The maximum atomic E-state index is 5.95. The molecule has 0 amide bonds. The first-order valence-electron chi connectivity index (χ1n) is 5.77. The molecule has 1 fully saturated rings. The summed E-state index contributed by atoms with van der Waals surface area (Å²) in [6.07, 6.45) is 2.51. The van der Waals surface area contributed by atoms with Gasteiger partial charge in [0, 0.05) is 16.5 Å². The smallest absolute Gasteiger partial charge is 0.131 e. The van der Waals surface area contributed by atoms with Crippen LogP contribution in [0, 0.1) is 0 Å². The topological polar surface area (TPSA) is 9.23 Å². The summed E-state index contributed by atoms with van der Waals surface area (Å²) in [5.74, 6) is 2.08. The number of benzene rings is 2. The Hall–Kier alpha value is -1.76. The van der Waals surface area contributed by atoms with Gasteiger partial charge in [-0.05, 0) is 25.0 Å². The summed E-state index contributed by atoms with van der Waals surface area (Å²) in [5, 5.41) is 0. The molecule has 2 aromatic rings. The fraction of sp³-hybridized carbons (Fsp3) is 0.200. The fourth-order valence-corrected chi connectivity index (χ4v) is 2.83. The minimum Gasteiger partial charge on any atom is -0.457 e. The van der Waals surface area contributed by atoms with Crippen LogP contribution in [0.15, 0.2) is 48.5 Å². The van der Waals surface area contributed by atoms with E-state index in [0.29, 0.717) is 0 Å². The second kappa shape index (κ2) is 2.67. The minimum absolute atomic E-state index is 0.269. The van der Waals surface area contributed by atoms with E-state index >= 15 is 0 Å². The Kier molecular flexibility index (Phi) is 1.40. The fourth-order valence-electron chi connectivity index (χ4n) is 2.83. The van der Waals surface area contributed by atoms with Gasteiger partial charge in [0.1, 0.15) is 11.5 Å². The van der Waals surface area contributed by atoms with Crippen LogP contribution in [-0.4, -0.2) is 0 Å². The zero-order valence-corrected chi connectivity index (χ0v) is 8.94. The van der Waals surface area contributed by atoms with Crippen LogP contribution in [0.4, 0.5) is 0 Å². The van der Waals surface area contributed by atoms with Crippen LogP contribution in [0.1, 0.15) is 24.0 Å². The van der Waals surface area contributed by atoms with Gasteiger partial charge in [0.2, 0.25) is 0 Å². The quantitative estimate of drug-likeness (QED) is 0.638. The Labute approximate surface area is 94.7 Å². The summed E-state index contributed by atoms with van der Waals surface area (Å²) < 4.78 is 5.95. The lowest BCUT2D eigenvalue weighted by Gasteiger charge is -2.27. The van der Waals surface area contributed by atoms with Crippen molar-refractivity contribution in [2.24, 2.45) is 0 Å². The number of ether oxygens (including phenoxy) is 1. The Bertz CT molecular complexity index is 520. The number of rotatable bonds is 0. The zero-order valence-electron chi connectivity index (χ0n) is 8.94. The van der Waals surface area contributed by atoms with Gasteiger partial charge in [-0.1, -0.05) is 36.4 Å². The third-order valence-corrected chi connectivity index (χ3v) is 3.78. The van der Waals surface area contributed by atoms with Crippen LogP contribution in [0.2, 0.25) is 0 Å². The molecular weight excluding hydrogens is 196 g/mol. The first-order valence-corrected chi connectivity index (χ1v) is 5.77. The lowest BCUT2D eigenvalue weighted by Crippen LogP contribution is -2.15. The Morgan fingerprint density at radius 3 is 1.75 bits per heavy atom. The highest BCUT2D eigenvalue weighted by Gasteiger charge is 2.51. The number of para-hydroxylation sites is 2. The van der Waals surface area contributed by atoms with Crippen LogP contribution in [0.3, 0.4) is 0 Å². The van der Waals surface area contributed by atoms with Gasteiger partial charge >= 0.3 is 0 Å². The summed E-state index contributed by atoms with van der Waals surface area (Å²) >= 11 is 0. The third kappa shape index (κ3) is 0.909. The van der Waals surface area contributed by atoms with Crippen molar-refractivity contribution in [1.29, 1.82) is 0 Å². The highest BCUT2D eigenvalue weighted by atomic mass is 16.5. The molecule has 1 heterocycles. The summed E-state index contributed by atoms with van der Waals surface area (Å²) in [6.45, 7) is 0. The summed E-state index contributed by atoms with van der Waals surface area (Å²) in [5.41, 5.74) is 3.01. The molecule has 1 saturated carbocycles. The van der Waals surface area contributed by atoms with Gasteiger partial charge in [-0.3, -0.25) is 0 Å². The largest absolute Gasteiger partial charge is 0.457 e. The molecule has 1 spiro atoms. The predicted molar refractivity (Wildman–Crippen MR) is 63.0 cm³/mol. The van der Waals surface area contributed by atoms with Crippen molar-refractivity contribution in [3.8, 4) is 11.5 Å². The molecule has 1 heteroatoms. The van der Waals surface area contributed by atoms with E-state index in [1.54, 1.807) is 0 Å². The standard InChI is InChI=1S/C15H12O/c1-3-7-13-11(5-1)15(9-10-15)12-6-2-4-8-14(12)16-13/h1-8H,9-10H2. The lowest BCUT2D eigenvalue weighted by atomic mass is 9.85. The van der Waals surface area contributed by atoms with Crippen molar-refractivity contribution in [1.82, 2.24) is 0 Å². The molecule has 0 N–H and O–H groups in total. The van der Waals surface area contributed by atoms with E-state index in [1.165, 1.54) is 24.0 Å². The molecule has 0 saturated heterocycles. The average Bonchev–Trinajstić information content (AvgIpc) is 3.11. The number of fused-ring (bicyclic) bond motifs is 4. The van der Waals surface area contributed by atoms with Crippen molar-refractivity contribution in [2.45, 2.75) is 18.3 Å². The molecule has 0 radical (unpaired) electrons. The van der Waals surface area contributed by atoms with Crippen molar-refractivity contribution in [2.75, 3.05) is 0 Å². The maximum Gasteiger partial charge on any atom is 0.131 e. The Morgan fingerprint density at radius 1 is 0.750 bits per heavy atom. The molecule has 4 rings (SSSR count). The molecule has 16 heavy (non-hydrogen) atoms. The number of hydrogen-bond acceptors (Lipinski definition) is 1. The van der Waals surface area contributed by atoms with Gasteiger partial charge in [0.15, 0.2) is 0 Å². The van der Waals surface area contributed by atoms with E-state index < -0.39 is 0 Å². The summed E-state index contributed by atoms with van der Waals surface area (Å²) in [6, 6.07) is 16.9. The van der Waals surface area contributed by atoms with Crippen LogP contribution >= 0.6 is 0 Å². The molecule has 0 bridgehead atoms. The highest BCUT2D eigenvalue weighted by molar-refractivity contribution is 5.60. The SMILES string of the molecule is c1ccc2c(c1)Oc1ccccc1C21CC1. The minimum atomic E-state index is 0.269. The van der Waals surface area contributed by atoms with E-state index in [2.05, 4.69) is 36.4 Å². The van der Waals surface area contributed by atoms with E-state index in [1.807, 2.05) is 12.1 Å². The van der Waals surface area contributed by atoms with Crippen molar-refractivity contribution >= 4 is 0 Å². The molecule has 1 aliphatic carbocycles. The monoisotopic (exact) mass is 208 g/mol. The molecule has 78 valence electrons. The maximum absolute atomic E-state index is 5.95.